The normalized spacial score (nSPS) is 14.2. The quantitative estimate of drug-likeness (QED) is 0.183. The van der Waals surface area contributed by atoms with E-state index in [4.69, 9.17) is 0 Å². The lowest BCUT2D eigenvalue weighted by molar-refractivity contribution is 1.25. The van der Waals surface area contributed by atoms with E-state index in [-0.39, 0.29) is 6.71 Å². The van der Waals surface area contributed by atoms with Gasteiger partial charge in [0.2, 0.25) is 0 Å². The van der Waals surface area contributed by atoms with Gasteiger partial charge in [0.15, 0.2) is 8.07 Å². The Hall–Kier alpha value is -6.36. The molecule has 0 bridgehead atoms. The van der Waals surface area contributed by atoms with Crippen LogP contribution in [0.5, 0.6) is 0 Å². The van der Waals surface area contributed by atoms with Crippen LogP contribution < -0.4 is 46.9 Å². The van der Waals surface area contributed by atoms with Crippen LogP contribution in [0.4, 0.5) is 34.1 Å². The molecule has 3 aliphatic heterocycles. The third kappa shape index (κ3) is 3.96. The minimum absolute atomic E-state index is 0.0694. The molecule has 11 rings (SSSR count). The highest BCUT2D eigenvalue weighted by Gasteiger charge is 2.51. The van der Waals surface area contributed by atoms with Crippen molar-refractivity contribution >= 4 is 86.0 Å². The van der Waals surface area contributed by atoms with Crippen LogP contribution in [0.3, 0.4) is 0 Å². The fraction of sp³-hybridized carbons (Fsp3) is 0. The summed E-state index contributed by atoms with van der Waals surface area (Å²) in [5.74, 6) is 0. The van der Waals surface area contributed by atoms with Crippen molar-refractivity contribution in [2.75, 3.05) is 9.80 Å². The van der Waals surface area contributed by atoms with Gasteiger partial charge in [-0.25, -0.2) is 0 Å². The molecule has 0 fully saturated rings. The number of nitrogens with zero attached hydrogens (tertiary/aromatic N) is 2. The fourth-order valence-corrected chi connectivity index (χ4v) is 14.7. The Balaban J connectivity index is 1.27. The predicted octanol–water partition coefficient (Wildman–Crippen LogP) is 7.13. The Labute approximate surface area is 306 Å². The van der Waals surface area contributed by atoms with E-state index in [1.165, 1.54) is 82.4 Å². The third-order valence-electron chi connectivity index (χ3n) is 11.5. The van der Waals surface area contributed by atoms with Crippen molar-refractivity contribution in [1.82, 2.24) is 0 Å². The minimum Gasteiger partial charge on any atom is -0.311 e. The second-order valence-corrected chi connectivity index (χ2v) is 17.8. The topological polar surface area (TPSA) is 6.48 Å². The zero-order chi connectivity index (χ0) is 34.2. The van der Waals surface area contributed by atoms with E-state index in [1.54, 1.807) is 0 Å². The Morgan fingerprint density at radius 1 is 0.346 bits per heavy atom. The second-order valence-electron chi connectivity index (χ2n) is 14.0. The summed E-state index contributed by atoms with van der Waals surface area (Å²) in [6.45, 7) is 0.0694. The molecule has 4 heteroatoms. The van der Waals surface area contributed by atoms with Gasteiger partial charge in [0.25, 0.3) is 6.71 Å². The molecule has 0 aliphatic carbocycles. The van der Waals surface area contributed by atoms with Gasteiger partial charge in [0.05, 0.1) is 0 Å². The van der Waals surface area contributed by atoms with Gasteiger partial charge < -0.3 is 9.80 Å². The number of benzene rings is 8. The van der Waals surface area contributed by atoms with E-state index >= 15 is 0 Å². The van der Waals surface area contributed by atoms with Crippen molar-refractivity contribution in [2.24, 2.45) is 0 Å². The molecule has 8 aromatic carbocycles. The first-order chi connectivity index (χ1) is 25.8. The van der Waals surface area contributed by atoms with Crippen molar-refractivity contribution in [3.05, 3.63) is 200 Å². The first-order valence-electron chi connectivity index (χ1n) is 18.2. The Bertz CT molecular complexity index is 2610. The maximum Gasteiger partial charge on any atom is 0.252 e. The average Bonchev–Trinajstić information content (AvgIpc) is 3.51. The number of hydrogen-bond donors (Lipinski definition) is 0. The number of anilines is 6. The van der Waals surface area contributed by atoms with E-state index in [9.17, 15) is 0 Å². The highest BCUT2D eigenvalue weighted by Crippen LogP contribution is 2.44. The maximum atomic E-state index is 2.60. The molecule has 8 aromatic rings. The molecule has 0 unspecified atom stereocenters. The maximum absolute atomic E-state index is 2.70. The third-order valence-corrected chi connectivity index (χ3v) is 16.4. The van der Waals surface area contributed by atoms with Crippen LogP contribution in [0.25, 0.3) is 11.1 Å². The molecule has 0 spiro atoms. The summed E-state index contributed by atoms with van der Waals surface area (Å²) >= 11 is 0. The zero-order valence-electron chi connectivity index (χ0n) is 28.5. The predicted molar refractivity (Wildman–Crippen MR) is 223 cm³/mol. The van der Waals surface area contributed by atoms with Crippen LogP contribution in [-0.4, -0.2) is 14.8 Å². The molecule has 2 nitrogen and oxygen atoms in total. The van der Waals surface area contributed by atoms with Gasteiger partial charge in [-0.1, -0.05) is 152 Å². The van der Waals surface area contributed by atoms with Crippen molar-refractivity contribution in [3.8, 4) is 11.1 Å². The van der Waals surface area contributed by atoms with Crippen LogP contribution in [-0.2, 0) is 0 Å². The lowest BCUT2D eigenvalue weighted by Crippen LogP contribution is -2.73. The van der Waals surface area contributed by atoms with Gasteiger partial charge >= 0.3 is 0 Å². The molecular formula is C48H33BN2Si. The molecule has 0 saturated carbocycles. The van der Waals surface area contributed by atoms with Crippen molar-refractivity contribution in [1.29, 1.82) is 0 Å². The molecule has 0 N–H and O–H groups in total. The monoisotopic (exact) mass is 676 g/mol. The number of rotatable bonds is 4. The number of fused-ring (bicyclic) bond motifs is 7. The van der Waals surface area contributed by atoms with Crippen LogP contribution in [0.2, 0.25) is 0 Å². The fourth-order valence-electron chi connectivity index (χ4n) is 9.53. The standard InChI is InChI=1S/C48H33BN2Si/c1-5-18-34(19-6-1)50-42-28-15-14-27-40(42)49-41-32-39-38-26-13-16-31-46(38)52(36-22-9-3-10-23-36,37-24-11-4-12-25-37)47(39)33-45(41)51(35-20-7-2-8-21-35)44-30-17-29-43(50)48(44)49/h1-33H. The van der Waals surface area contributed by atoms with Crippen LogP contribution in [0.15, 0.2) is 200 Å². The minimum atomic E-state index is -2.70. The molecule has 52 heavy (non-hydrogen) atoms. The number of para-hydroxylation sites is 3. The molecule has 0 saturated heterocycles. The van der Waals surface area contributed by atoms with Crippen LogP contribution in [0, 0.1) is 0 Å². The Kier molecular flexibility index (Phi) is 6.40. The average molecular weight is 677 g/mol. The van der Waals surface area contributed by atoms with Gasteiger partial charge in [0, 0.05) is 34.1 Å². The molecule has 0 amide bonds. The first kappa shape index (κ1) is 29.4. The lowest BCUT2D eigenvalue weighted by Gasteiger charge is -2.44. The van der Waals surface area contributed by atoms with Crippen molar-refractivity contribution < 1.29 is 0 Å². The van der Waals surface area contributed by atoms with E-state index in [1.807, 2.05) is 0 Å². The van der Waals surface area contributed by atoms with Crippen molar-refractivity contribution in [2.45, 2.75) is 0 Å². The van der Waals surface area contributed by atoms with E-state index in [0.29, 0.717) is 0 Å². The largest absolute Gasteiger partial charge is 0.311 e. The number of hydrogen-bond acceptors (Lipinski definition) is 2. The molecule has 0 atom stereocenters. The molecule has 3 aliphatic rings. The summed E-state index contributed by atoms with van der Waals surface area (Å²) in [6, 6.07) is 74.8. The smallest absolute Gasteiger partial charge is 0.252 e. The highest BCUT2D eigenvalue weighted by molar-refractivity contribution is 7.22. The molecular weight excluding hydrogens is 643 g/mol. The lowest BCUT2D eigenvalue weighted by atomic mass is 9.33. The highest BCUT2D eigenvalue weighted by atomic mass is 28.3. The summed E-state index contributed by atoms with van der Waals surface area (Å²) in [7, 11) is -2.70. The van der Waals surface area contributed by atoms with Crippen LogP contribution >= 0.6 is 0 Å². The molecule has 0 radical (unpaired) electrons. The summed E-state index contributed by atoms with van der Waals surface area (Å²) in [5, 5.41) is 5.76. The van der Waals surface area contributed by atoms with Gasteiger partial charge in [-0.05, 0) is 96.8 Å². The summed E-state index contributed by atoms with van der Waals surface area (Å²) in [6.07, 6.45) is 0. The van der Waals surface area contributed by atoms with Gasteiger partial charge in [-0.15, -0.1) is 0 Å². The van der Waals surface area contributed by atoms with E-state index in [0.717, 1.165) is 0 Å². The second kappa shape index (κ2) is 11.3. The first-order valence-corrected chi connectivity index (χ1v) is 20.2. The Morgan fingerprint density at radius 3 is 1.48 bits per heavy atom. The van der Waals surface area contributed by atoms with Crippen molar-refractivity contribution in [3.63, 3.8) is 0 Å². The van der Waals surface area contributed by atoms with Gasteiger partial charge in [-0.2, -0.15) is 0 Å². The Morgan fingerprint density at radius 2 is 0.846 bits per heavy atom. The van der Waals surface area contributed by atoms with E-state index in [2.05, 4.69) is 210 Å². The SMILES string of the molecule is c1ccc(N2c3ccccc3B3c4cc5c(cc4N(c4ccccc4)c4cccc2c43)[Si](c2ccccc2)(c2ccccc2)c2ccccc2-5)cc1. The molecule has 0 aromatic heterocycles. The zero-order valence-corrected chi connectivity index (χ0v) is 29.5. The van der Waals surface area contributed by atoms with Gasteiger partial charge in [-0.3, -0.25) is 0 Å². The van der Waals surface area contributed by atoms with Crippen LogP contribution in [0.1, 0.15) is 0 Å². The van der Waals surface area contributed by atoms with Gasteiger partial charge in [0.1, 0.15) is 0 Å². The molecule has 3 heterocycles. The summed E-state index contributed by atoms with van der Waals surface area (Å²) in [4.78, 5) is 5.00. The molecule has 242 valence electrons. The summed E-state index contributed by atoms with van der Waals surface area (Å²) in [5.41, 5.74) is 14.1. The van der Waals surface area contributed by atoms with E-state index < -0.39 is 8.07 Å². The summed E-state index contributed by atoms with van der Waals surface area (Å²) < 4.78 is 0.